The number of carbonyl (C=O) groups excluding carboxylic acids is 1. The van der Waals surface area contributed by atoms with Crippen LogP contribution in [0.25, 0.3) is 5.70 Å². The van der Waals surface area contributed by atoms with Crippen molar-refractivity contribution in [3.8, 4) is 6.07 Å². The third-order valence-electron chi connectivity index (χ3n) is 5.56. The average molecular weight is 437 g/mol. The molecule has 0 radical (unpaired) electrons. The molecule has 1 fully saturated rings. The monoisotopic (exact) mass is 436 g/mol. The number of ether oxygens (including phenoxy) is 1. The number of carbonyl (C=O) groups is 1. The van der Waals surface area contributed by atoms with E-state index >= 15 is 0 Å². The van der Waals surface area contributed by atoms with Gasteiger partial charge in [0.1, 0.15) is 0 Å². The Morgan fingerprint density at radius 2 is 1.84 bits per heavy atom. The van der Waals surface area contributed by atoms with Crippen LogP contribution in [-0.2, 0) is 4.74 Å². The third kappa shape index (κ3) is 4.63. The molecule has 7 heteroatoms. The highest BCUT2D eigenvalue weighted by atomic mass is 35.5. The van der Waals surface area contributed by atoms with Crippen LogP contribution < -0.4 is 5.73 Å². The highest BCUT2D eigenvalue weighted by Crippen LogP contribution is 2.31. The minimum absolute atomic E-state index is 0.0560. The molecule has 1 amide bonds. The largest absolute Gasteiger partial charge is 0.397 e. The lowest BCUT2D eigenvalue weighted by molar-refractivity contribution is 0.0601. The van der Waals surface area contributed by atoms with E-state index in [4.69, 9.17) is 32.7 Å². The van der Waals surface area contributed by atoms with E-state index in [1.807, 2.05) is 32.0 Å². The summed E-state index contributed by atoms with van der Waals surface area (Å²) < 4.78 is 4.96. The van der Waals surface area contributed by atoms with Gasteiger partial charge in [0.2, 0.25) is 0 Å². The lowest BCUT2D eigenvalue weighted by Crippen LogP contribution is -2.48. The number of rotatable bonds is 6. The number of likely N-dealkylation sites (tertiary alicyclic amines) is 1. The third-order valence-corrected chi connectivity index (χ3v) is 5.99. The van der Waals surface area contributed by atoms with E-state index in [0.29, 0.717) is 29.8 Å². The SMILES string of the molecule is COCC(=N)/C(Cl)=C(\N)c1cc(C(=O)N2CC(c3ccc(C#N)cc3)C2)c(C)cc1C. The first-order chi connectivity index (χ1) is 14.8. The van der Waals surface area contributed by atoms with Gasteiger partial charge in [-0.25, -0.2) is 0 Å². The first-order valence-corrected chi connectivity index (χ1v) is 10.3. The summed E-state index contributed by atoms with van der Waals surface area (Å²) in [6.45, 7) is 5.10. The van der Waals surface area contributed by atoms with Crippen LogP contribution in [0.5, 0.6) is 0 Å². The Labute approximate surface area is 187 Å². The standard InChI is InChI=1S/C24H25ClN4O2/c1-14-8-15(2)20(9-19(14)23(28)22(25)21(27)13-31-3)24(30)29-11-18(12-29)17-6-4-16(10-26)5-7-17/h4-9,18,27H,11-13,28H2,1-3H3/b23-22+,27-21?. The zero-order valence-electron chi connectivity index (χ0n) is 17.8. The lowest BCUT2D eigenvalue weighted by Gasteiger charge is -2.40. The molecule has 6 nitrogen and oxygen atoms in total. The smallest absolute Gasteiger partial charge is 0.254 e. The number of benzene rings is 2. The van der Waals surface area contributed by atoms with Gasteiger partial charge in [0.15, 0.2) is 0 Å². The fourth-order valence-corrected chi connectivity index (χ4v) is 3.87. The number of nitrogens with one attached hydrogen (secondary N) is 1. The van der Waals surface area contributed by atoms with Gasteiger partial charge in [-0.1, -0.05) is 29.8 Å². The predicted molar refractivity (Wildman–Crippen MR) is 122 cm³/mol. The Hall–Kier alpha value is -3.14. The van der Waals surface area contributed by atoms with Crippen molar-refractivity contribution in [1.82, 2.24) is 4.90 Å². The first kappa shape index (κ1) is 22.5. The molecule has 3 rings (SSSR count). The Balaban J connectivity index is 1.81. The van der Waals surface area contributed by atoms with Crippen LogP contribution in [0.4, 0.5) is 0 Å². The van der Waals surface area contributed by atoms with Crippen LogP contribution in [0.2, 0.25) is 0 Å². The van der Waals surface area contributed by atoms with Gasteiger partial charge < -0.3 is 20.8 Å². The number of hydrogen-bond donors (Lipinski definition) is 2. The molecule has 1 aliphatic heterocycles. The number of nitrogens with zero attached hydrogens (tertiary/aromatic N) is 2. The first-order valence-electron chi connectivity index (χ1n) is 9.89. The molecule has 0 unspecified atom stereocenters. The molecular weight excluding hydrogens is 412 g/mol. The number of nitrogens with two attached hydrogens (primary N) is 1. The van der Waals surface area contributed by atoms with Gasteiger partial charge in [0.25, 0.3) is 5.91 Å². The van der Waals surface area contributed by atoms with Gasteiger partial charge in [0, 0.05) is 37.2 Å². The van der Waals surface area contributed by atoms with Crippen molar-refractivity contribution in [3.63, 3.8) is 0 Å². The molecule has 1 aliphatic rings. The topological polar surface area (TPSA) is 103 Å². The van der Waals surface area contributed by atoms with E-state index in [0.717, 1.165) is 16.7 Å². The summed E-state index contributed by atoms with van der Waals surface area (Å²) in [5, 5.41) is 17.0. The molecule has 1 heterocycles. The minimum atomic E-state index is -0.0560. The second-order valence-corrected chi connectivity index (χ2v) is 8.14. The van der Waals surface area contributed by atoms with Gasteiger partial charge in [-0.3, -0.25) is 4.79 Å². The maximum atomic E-state index is 13.1. The van der Waals surface area contributed by atoms with E-state index < -0.39 is 0 Å². The second kappa shape index (κ2) is 9.34. The Morgan fingerprint density at radius 1 is 1.23 bits per heavy atom. The Morgan fingerprint density at radius 3 is 2.42 bits per heavy atom. The number of amides is 1. The molecule has 0 atom stereocenters. The van der Waals surface area contributed by atoms with Gasteiger partial charge in [-0.2, -0.15) is 5.26 Å². The zero-order valence-corrected chi connectivity index (χ0v) is 18.6. The lowest BCUT2D eigenvalue weighted by atomic mass is 9.89. The van der Waals surface area contributed by atoms with Crippen molar-refractivity contribution < 1.29 is 9.53 Å². The normalized spacial score (nSPS) is 14.5. The second-order valence-electron chi connectivity index (χ2n) is 7.76. The summed E-state index contributed by atoms with van der Waals surface area (Å²) in [7, 11) is 1.49. The molecule has 2 aromatic rings. The summed E-state index contributed by atoms with van der Waals surface area (Å²) in [6.07, 6.45) is 0. The maximum Gasteiger partial charge on any atom is 0.254 e. The zero-order chi connectivity index (χ0) is 22.7. The fraction of sp³-hybridized carbons (Fsp3) is 0.292. The summed E-state index contributed by atoms with van der Waals surface area (Å²) in [5.74, 6) is 0.204. The molecule has 160 valence electrons. The average Bonchev–Trinajstić information content (AvgIpc) is 2.72. The maximum absolute atomic E-state index is 13.1. The molecule has 2 aromatic carbocycles. The summed E-state index contributed by atoms with van der Waals surface area (Å²) in [6, 6.07) is 13.3. The van der Waals surface area contributed by atoms with Crippen LogP contribution >= 0.6 is 11.6 Å². The van der Waals surface area contributed by atoms with E-state index in [-0.39, 0.29) is 34.9 Å². The van der Waals surface area contributed by atoms with Crippen molar-refractivity contribution in [2.45, 2.75) is 19.8 Å². The predicted octanol–water partition coefficient (Wildman–Crippen LogP) is 3.95. The van der Waals surface area contributed by atoms with Crippen LogP contribution in [-0.4, -0.2) is 43.3 Å². The Bertz CT molecular complexity index is 1090. The van der Waals surface area contributed by atoms with E-state index in [2.05, 4.69) is 6.07 Å². The molecule has 3 N–H and O–H groups in total. The highest BCUT2D eigenvalue weighted by Gasteiger charge is 2.33. The molecule has 0 aliphatic carbocycles. The molecule has 0 spiro atoms. The van der Waals surface area contributed by atoms with Crippen LogP contribution in [0.15, 0.2) is 41.4 Å². The summed E-state index contributed by atoms with van der Waals surface area (Å²) in [4.78, 5) is 15.0. The van der Waals surface area contributed by atoms with E-state index in [1.54, 1.807) is 23.1 Å². The number of hydrogen-bond acceptors (Lipinski definition) is 5. The molecule has 0 saturated carbocycles. The fourth-order valence-electron chi connectivity index (χ4n) is 3.72. The van der Waals surface area contributed by atoms with Crippen LogP contribution in [0.3, 0.4) is 0 Å². The Kier molecular flexibility index (Phi) is 6.79. The van der Waals surface area contributed by atoms with Crippen molar-refractivity contribution >= 4 is 28.9 Å². The molecule has 1 saturated heterocycles. The van der Waals surface area contributed by atoms with Gasteiger partial charge in [0.05, 0.1) is 34.7 Å². The number of aryl methyl sites for hydroxylation is 2. The quantitative estimate of drug-likeness (QED) is 0.669. The van der Waals surface area contributed by atoms with Crippen LogP contribution in [0.1, 0.15) is 44.1 Å². The van der Waals surface area contributed by atoms with Crippen molar-refractivity contribution in [1.29, 1.82) is 10.7 Å². The molecule has 0 bridgehead atoms. The highest BCUT2D eigenvalue weighted by molar-refractivity contribution is 6.46. The molecule has 0 aromatic heterocycles. The summed E-state index contributed by atoms with van der Waals surface area (Å²) in [5.41, 5.74) is 11.3. The van der Waals surface area contributed by atoms with E-state index in [1.165, 1.54) is 7.11 Å². The van der Waals surface area contributed by atoms with Crippen molar-refractivity contribution in [2.24, 2.45) is 5.73 Å². The van der Waals surface area contributed by atoms with Crippen LogP contribution in [0, 0.1) is 30.6 Å². The minimum Gasteiger partial charge on any atom is -0.397 e. The number of nitriles is 1. The van der Waals surface area contributed by atoms with Gasteiger partial charge in [-0.15, -0.1) is 0 Å². The number of methoxy groups -OCH3 is 1. The van der Waals surface area contributed by atoms with Gasteiger partial charge in [-0.05, 0) is 48.7 Å². The molecule has 31 heavy (non-hydrogen) atoms. The van der Waals surface area contributed by atoms with Gasteiger partial charge >= 0.3 is 0 Å². The number of halogens is 1. The van der Waals surface area contributed by atoms with Crippen molar-refractivity contribution in [2.75, 3.05) is 26.8 Å². The van der Waals surface area contributed by atoms with Crippen molar-refractivity contribution in [3.05, 3.63) is 74.8 Å². The molecular formula is C24H25ClN4O2. The summed E-state index contributed by atoms with van der Waals surface area (Å²) >= 11 is 6.28. The van der Waals surface area contributed by atoms with E-state index in [9.17, 15) is 4.79 Å².